The largest absolute Gasteiger partial charge is 0.444 e. The summed E-state index contributed by atoms with van der Waals surface area (Å²) >= 11 is 3.37. The highest BCUT2D eigenvalue weighted by molar-refractivity contribution is 9.10. The van der Waals surface area contributed by atoms with Crippen molar-refractivity contribution in [1.82, 2.24) is 9.88 Å². The van der Waals surface area contributed by atoms with E-state index in [1.165, 1.54) is 0 Å². The predicted molar refractivity (Wildman–Crippen MR) is 82.3 cm³/mol. The second-order valence-corrected chi connectivity index (χ2v) is 6.58. The summed E-state index contributed by atoms with van der Waals surface area (Å²) in [5, 5.41) is 0. The second-order valence-electron chi connectivity index (χ2n) is 5.77. The minimum Gasteiger partial charge on any atom is -0.444 e. The van der Waals surface area contributed by atoms with Crippen molar-refractivity contribution >= 4 is 27.6 Å². The summed E-state index contributed by atoms with van der Waals surface area (Å²) in [6.45, 7) is 6.86. The Morgan fingerprint density at radius 2 is 2.15 bits per heavy atom. The third kappa shape index (κ3) is 4.07. The topological polar surface area (TPSA) is 42.4 Å². The zero-order valence-electron chi connectivity index (χ0n) is 12.0. The van der Waals surface area contributed by atoms with Crippen LogP contribution >= 0.6 is 15.9 Å². The van der Waals surface area contributed by atoms with Gasteiger partial charge in [0.2, 0.25) is 0 Å². The molecule has 0 unspecified atom stereocenters. The molecule has 0 atom stereocenters. The number of hydrogen-bond acceptors (Lipinski definition) is 3. The van der Waals surface area contributed by atoms with Gasteiger partial charge in [-0.3, -0.25) is 0 Å². The number of ether oxygens (including phenoxy) is 1. The van der Waals surface area contributed by atoms with Crippen LogP contribution in [0.3, 0.4) is 0 Å². The van der Waals surface area contributed by atoms with E-state index in [-0.39, 0.29) is 6.09 Å². The zero-order valence-corrected chi connectivity index (χ0v) is 13.6. The number of hydrogen-bond donors (Lipinski definition) is 0. The van der Waals surface area contributed by atoms with Gasteiger partial charge in [-0.15, -0.1) is 0 Å². The number of aromatic nitrogens is 1. The van der Waals surface area contributed by atoms with Crippen molar-refractivity contribution in [2.24, 2.45) is 0 Å². The van der Waals surface area contributed by atoms with Crippen LogP contribution in [0.15, 0.2) is 28.9 Å². The van der Waals surface area contributed by atoms with E-state index < -0.39 is 5.60 Å². The average Bonchev–Trinajstić information content (AvgIpc) is 2.37. The Labute approximate surface area is 128 Å². The number of carbonyl (C=O) groups is 1. The Bertz CT molecular complexity index is 535. The van der Waals surface area contributed by atoms with Gasteiger partial charge in [0.1, 0.15) is 10.2 Å². The number of halogens is 1. The number of carbonyl (C=O) groups excluding carboxylic acids is 1. The molecule has 1 aromatic rings. The molecule has 1 amide bonds. The van der Waals surface area contributed by atoms with Crippen molar-refractivity contribution in [2.45, 2.75) is 32.8 Å². The Morgan fingerprint density at radius 1 is 1.40 bits per heavy atom. The molecule has 0 bridgehead atoms. The smallest absolute Gasteiger partial charge is 0.410 e. The molecule has 0 N–H and O–H groups in total. The van der Waals surface area contributed by atoms with Gasteiger partial charge in [0, 0.05) is 6.54 Å². The van der Waals surface area contributed by atoms with Crippen LogP contribution in [0.2, 0.25) is 0 Å². The van der Waals surface area contributed by atoms with Gasteiger partial charge in [0.15, 0.2) is 0 Å². The van der Waals surface area contributed by atoms with Gasteiger partial charge in [0.25, 0.3) is 0 Å². The van der Waals surface area contributed by atoms with Gasteiger partial charge in [-0.1, -0.05) is 12.1 Å². The highest BCUT2D eigenvalue weighted by atomic mass is 79.9. The molecular formula is C15H19BrN2O2. The van der Waals surface area contributed by atoms with Gasteiger partial charge in [-0.25, -0.2) is 9.78 Å². The van der Waals surface area contributed by atoms with E-state index in [2.05, 4.69) is 27.0 Å². The molecular weight excluding hydrogens is 320 g/mol. The van der Waals surface area contributed by atoms with Crippen LogP contribution in [0.25, 0.3) is 5.57 Å². The molecule has 20 heavy (non-hydrogen) atoms. The van der Waals surface area contributed by atoms with E-state index >= 15 is 0 Å². The van der Waals surface area contributed by atoms with Crippen molar-refractivity contribution in [3.05, 3.63) is 34.6 Å². The summed E-state index contributed by atoms with van der Waals surface area (Å²) in [5.74, 6) is 0. The van der Waals surface area contributed by atoms with E-state index in [0.717, 1.165) is 22.3 Å². The lowest BCUT2D eigenvalue weighted by Gasteiger charge is -2.30. The molecule has 108 valence electrons. The van der Waals surface area contributed by atoms with Crippen molar-refractivity contribution in [3.63, 3.8) is 0 Å². The molecule has 2 rings (SSSR count). The molecule has 0 radical (unpaired) electrons. The summed E-state index contributed by atoms with van der Waals surface area (Å²) in [6, 6.07) is 5.79. The minimum absolute atomic E-state index is 0.266. The van der Waals surface area contributed by atoms with E-state index in [1.54, 1.807) is 4.90 Å². The summed E-state index contributed by atoms with van der Waals surface area (Å²) in [5.41, 5.74) is 1.49. The van der Waals surface area contributed by atoms with Crippen LogP contribution in [0.4, 0.5) is 4.79 Å². The van der Waals surface area contributed by atoms with Crippen LogP contribution in [-0.4, -0.2) is 34.7 Å². The fraction of sp³-hybridized carbons (Fsp3) is 0.467. The Balaban J connectivity index is 2.09. The molecule has 1 aliphatic heterocycles. The van der Waals surface area contributed by atoms with Gasteiger partial charge >= 0.3 is 6.09 Å². The van der Waals surface area contributed by atoms with E-state index in [9.17, 15) is 4.79 Å². The average molecular weight is 339 g/mol. The van der Waals surface area contributed by atoms with Gasteiger partial charge in [0.05, 0.1) is 12.2 Å². The van der Waals surface area contributed by atoms with Crippen molar-refractivity contribution in [3.8, 4) is 0 Å². The molecule has 0 aliphatic carbocycles. The van der Waals surface area contributed by atoms with Crippen molar-refractivity contribution < 1.29 is 9.53 Å². The van der Waals surface area contributed by atoms with E-state index in [1.807, 2.05) is 39.0 Å². The minimum atomic E-state index is -0.466. The fourth-order valence-corrected chi connectivity index (χ4v) is 2.34. The molecule has 0 saturated heterocycles. The summed E-state index contributed by atoms with van der Waals surface area (Å²) in [4.78, 5) is 18.3. The van der Waals surface area contributed by atoms with Crippen molar-refractivity contribution in [1.29, 1.82) is 0 Å². The lowest BCUT2D eigenvalue weighted by Crippen LogP contribution is -2.39. The molecule has 1 aliphatic rings. The normalized spacial score (nSPS) is 15.8. The monoisotopic (exact) mass is 338 g/mol. The number of amides is 1. The highest BCUT2D eigenvalue weighted by Crippen LogP contribution is 2.22. The number of nitrogens with zero attached hydrogens (tertiary/aromatic N) is 2. The fourth-order valence-electron chi connectivity index (χ4n) is 2.00. The summed E-state index contributed by atoms with van der Waals surface area (Å²) in [7, 11) is 0. The molecule has 5 heteroatoms. The Morgan fingerprint density at radius 3 is 2.80 bits per heavy atom. The Hall–Kier alpha value is -1.36. The van der Waals surface area contributed by atoms with Crippen LogP contribution in [0.5, 0.6) is 0 Å². The molecule has 0 aromatic carbocycles. The molecule has 0 fully saturated rings. The molecule has 0 spiro atoms. The van der Waals surface area contributed by atoms with Crippen LogP contribution in [-0.2, 0) is 4.74 Å². The van der Waals surface area contributed by atoms with Gasteiger partial charge < -0.3 is 9.64 Å². The predicted octanol–water partition coefficient (Wildman–Crippen LogP) is 3.87. The lowest BCUT2D eigenvalue weighted by molar-refractivity contribution is 0.0273. The van der Waals surface area contributed by atoms with Crippen LogP contribution in [0.1, 0.15) is 32.9 Å². The standard InChI is InChI=1S/C15H19BrN2O2/c1-15(2,3)20-14(19)18-9-5-6-11(10-18)12-7-4-8-13(16)17-12/h4,6-8H,5,9-10H2,1-3H3. The molecule has 4 nitrogen and oxygen atoms in total. The first kappa shape index (κ1) is 15.0. The third-order valence-electron chi connectivity index (χ3n) is 2.85. The summed E-state index contributed by atoms with van der Waals surface area (Å²) < 4.78 is 6.21. The quantitative estimate of drug-likeness (QED) is 0.730. The molecule has 1 aromatic heterocycles. The highest BCUT2D eigenvalue weighted by Gasteiger charge is 2.24. The first-order valence-electron chi connectivity index (χ1n) is 6.65. The van der Waals surface area contributed by atoms with Crippen LogP contribution < -0.4 is 0 Å². The zero-order chi connectivity index (χ0) is 14.8. The van der Waals surface area contributed by atoms with Crippen LogP contribution in [0, 0.1) is 0 Å². The van der Waals surface area contributed by atoms with E-state index in [0.29, 0.717) is 13.1 Å². The number of pyridine rings is 1. The number of rotatable bonds is 1. The summed E-state index contributed by atoms with van der Waals surface area (Å²) in [6.07, 6.45) is 2.69. The maximum Gasteiger partial charge on any atom is 0.410 e. The first-order chi connectivity index (χ1) is 9.35. The molecule has 0 saturated carbocycles. The Kier molecular flexibility index (Phi) is 4.48. The SMILES string of the molecule is CC(C)(C)OC(=O)N1CCC=C(c2cccc(Br)n2)C1. The first-order valence-corrected chi connectivity index (χ1v) is 7.44. The lowest BCUT2D eigenvalue weighted by atomic mass is 10.1. The maximum absolute atomic E-state index is 12.1. The second kappa shape index (κ2) is 5.95. The van der Waals surface area contributed by atoms with Gasteiger partial charge in [-0.05, 0) is 60.8 Å². The van der Waals surface area contributed by atoms with Gasteiger partial charge in [-0.2, -0.15) is 0 Å². The van der Waals surface area contributed by atoms with E-state index in [4.69, 9.17) is 4.74 Å². The van der Waals surface area contributed by atoms with Crippen molar-refractivity contribution in [2.75, 3.05) is 13.1 Å². The molecule has 2 heterocycles. The third-order valence-corrected chi connectivity index (χ3v) is 3.29. The maximum atomic E-state index is 12.1.